The van der Waals surface area contributed by atoms with Gasteiger partial charge in [0.2, 0.25) is 0 Å². The van der Waals surface area contributed by atoms with Crippen LogP contribution in [0.1, 0.15) is 40.2 Å². The Morgan fingerprint density at radius 3 is 2.67 bits per heavy atom. The highest BCUT2D eigenvalue weighted by atomic mass is 19.4. The van der Waals surface area contributed by atoms with Crippen molar-refractivity contribution in [3.05, 3.63) is 40.7 Å². The van der Waals surface area contributed by atoms with Gasteiger partial charge in [-0.2, -0.15) is 18.3 Å². The molecule has 1 aromatic carbocycles. The molecule has 2 atom stereocenters. The molecule has 2 bridgehead atoms. The minimum Gasteiger partial charge on any atom is -0.496 e. The molecule has 3 fully saturated rings. The summed E-state index contributed by atoms with van der Waals surface area (Å²) in [6, 6.07) is 2.39. The predicted octanol–water partition coefficient (Wildman–Crippen LogP) is 3.55. The Kier molecular flexibility index (Phi) is 5.15. The van der Waals surface area contributed by atoms with E-state index in [1.54, 1.807) is 4.90 Å². The zero-order valence-electron chi connectivity index (χ0n) is 18.0. The van der Waals surface area contributed by atoms with Crippen LogP contribution in [0, 0.1) is 0 Å². The van der Waals surface area contributed by atoms with Crippen molar-refractivity contribution >= 4 is 5.91 Å². The van der Waals surface area contributed by atoms with Crippen molar-refractivity contribution in [3.63, 3.8) is 0 Å². The topological polar surface area (TPSA) is 50.6 Å². The molecule has 3 aliphatic heterocycles. The summed E-state index contributed by atoms with van der Waals surface area (Å²) in [5.41, 5.74) is 0.533. The molecular weight excluding hydrogens is 447 g/mol. The zero-order valence-corrected chi connectivity index (χ0v) is 18.0. The van der Waals surface area contributed by atoms with Crippen molar-refractivity contribution in [1.82, 2.24) is 19.6 Å². The molecule has 178 valence electrons. The van der Waals surface area contributed by atoms with Crippen molar-refractivity contribution in [1.29, 1.82) is 0 Å². The lowest BCUT2D eigenvalue weighted by atomic mass is 10.00. The van der Waals surface area contributed by atoms with E-state index < -0.39 is 29.6 Å². The van der Waals surface area contributed by atoms with Gasteiger partial charge in [0.25, 0.3) is 11.8 Å². The third-order valence-corrected chi connectivity index (χ3v) is 6.80. The van der Waals surface area contributed by atoms with Crippen LogP contribution in [0.15, 0.2) is 18.2 Å². The Morgan fingerprint density at radius 2 is 1.97 bits per heavy atom. The van der Waals surface area contributed by atoms with Gasteiger partial charge >= 0.3 is 6.18 Å². The molecule has 1 aliphatic carbocycles. The number of nitrogens with zero attached hydrogens (tertiary/aromatic N) is 4. The average molecular weight is 470 g/mol. The number of carbonyl (C=O) groups excluding carboxylic acids is 1. The first-order valence-electron chi connectivity index (χ1n) is 10.9. The summed E-state index contributed by atoms with van der Waals surface area (Å²) >= 11 is 0. The maximum Gasteiger partial charge on any atom is 0.420 e. The lowest BCUT2D eigenvalue weighted by Gasteiger charge is -2.37. The largest absolute Gasteiger partial charge is 0.496 e. The Balaban J connectivity index is 1.56. The van der Waals surface area contributed by atoms with E-state index in [9.17, 15) is 26.7 Å². The lowest BCUT2D eigenvalue weighted by Crippen LogP contribution is -2.55. The normalized spacial score (nSPS) is 24.0. The van der Waals surface area contributed by atoms with Crippen LogP contribution in [0.2, 0.25) is 0 Å². The zero-order chi connectivity index (χ0) is 23.5. The van der Waals surface area contributed by atoms with Crippen LogP contribution in [0.25, 0.3) is 5.69 Å². The fourth-order valence-electron chi connectivity index (χ4n) is 5.23. The number of rotatable bonds is 3. The van der Waals surface area contributed by atoms with Crippen LogP contribution in [-0.4, -0.2) is 70.7 Å². The SMILES string of the molecule is COc1ccc(-n2nc(C(=O)N3CCN4CC[C@@H]3C(F)(F)C4)c3c2CCC3)cc1C(F)(F)F. The van der Waals surface area contributed by atoms with Crippen LogP contribution in [0.4, 0.5) is 22.0 Å². The number of amides is 1. The fraction of sp³-hybridized carbons (Fsp3) is 0.545. The number of halogens is 5. The van der Waals surface area contributed by atoms with E-state index in [4.69, 9.17) is 4.74 Å². The highest BCUT2D eigenvalue weighted by Crippen LogP contribution is 2.39. The highest BCUT2D eigenvalue weighted by Gasteiger charge is 2.51. The number of benzene rings is 1. The van der Waals surface area contributed by atoms with Crippen molar-refractivity contribution in [3.8, 4) is 11.4 Å². The molecule has 0 spiro atoms. The third kappa shape index (κ3) is 3.66. The van der Waals surface area contributed by atoms with Crippen LogP contribution in [0.5, 0.6) is 5.75 Å². The number of methoxy groups -OCH3 is 1. The van der Waals surface area contributed by atoms with Gasteiger partial charge in [0.05, 0.1) is 30.9 Å². The van der Waals surface area contributed by atoms with E-state index in [-0.39, 0.29) is 36.6 Å². The third-order valence-electron chi connectivity index (χ3n) is 6.80. The molecule has 0 N–H and O–H groups in total. The van der Waals surface area contributed by atoms with Gasteiger partial charge in [-0.15, -0.1) is 0 Å². The number of fused-ring (bicyclic) bond motifs is 5. The second-order valence-electron chi connectivity index (χ2n) is 8.76. The van der Waals surface area contributed by atoms with Gasteiger partial charge in [-0.1, -0.05) is 0 Å². The maximum atomic E-state index is 14.7. The van der Waals surface area contributed by atoms with Crippen LogP contribution in [0.3, 0.4) is 0 Å². The van der Waals surface area contributed by atoms with E-state index in [2.05, 4.69) is 5.10 Å². The Morgan fingerprint density at radius 1 is 1.18 bits per heavy atom. The molecule has 4 heterocycles. The summed E-state index contributed by atoms with van der Waals surface area (Å²) < 4.78 is 76.2. The van der Waals surface area contributed by atoms with Gasteiger partial charge in [-0.3, -0.25) is 9.69 Å². The number of alkyl halides is 5. The summed E-state index contributed by atoms with van der Waals surface area (Å²) in [4.78, 5) is 16.3. The minimum atomic E-state index is -4.64. The van der Waals surface area contributed by atoms with Gasteiger partial charge < -0.3 is 9.64 Å². The van der Waals surface area contributed by atoms with E-state index in [1.807, 2.05) is 0 Å². The van der Waals surface area contributed by atoms with E-state index >= 15 is 0 Å². The number of piperidine rings is 1. The molecular formula is C22H23F5N4O2. The molecule has 1 amide bonds. The molecule has 11 heteroatoms. The first-order valence-corrected chi connectivity index (χ1v) is 10.9. The van der Waals surface area contributed by atoms with Crippen molar-refractivity contribution in [2.45, 2.75) is 43.8 Å². The summed E-state index contributed by atoms with van der Waals surface area (Å²) in [6.07, 6.45) is -2.68. The highest BCUT2D eigenvalue weighted by molar-refractivity contribution is 5.94. The molecule has 1 aromatic heterocycles. The summed E-state index contributed by atoms with van der Waals surface area (Å²) in [5.74, 6) is -3.91. The molecule has 3 saturated heterocycles. The Labute approximate surface area is 186 Å². The van der Waals surface area contributed by atoms with E-state index in [0.717, 1.165) is 13.2 Å². The molecule has 4 aliphatic rings. The van der Waals surface area contributed by atoms with E-state index in [0.29, 0.717) is 43.6 Å². The van der Waals surface area contributed by atoms with Gasteiger partial charge in [0, 0.05) is 30.9 Å². The quantitative estimate of drug-likeness (QED) is 0.644. The van der Waals surface area contributed by atoms with E-state index in [1.165, 1.54) is 21.7 Å². The first kappa shape index (κ1) is 22.1. The van der Waals surface area contributed by atoms with Gasteiger partial charge in [0.1, 0.15) is 5.75 Å². The van der Waals surface area contributed by atoms with Gasteiger partial charge in [0.15, 0.2) is 5.69 Å². The standard InChI is InChI=1S/C22H23F5N4O2/c1-33-17-6-5-13(11-15(17)22(25,26)27)31-16-4-2-3-14(16)19(28-31)20(32)30-10-9-29-8-7-18(30)21(23,24)12-29/h5-6,11,18H,2-4,7-10,12H2,1H3/t18-/m1/s1. The van der Waals surface area contributed by atoms with Crippen LogP contribution in [-0.2, 0) is 19.0 Å². The van der Waals surface area contributed by atoms with Gasteiger partial charge in [-0.05, 0) is 43.9 Å². The number of hydrogen-bond donors (Lipinski definition) is 0. The number of carbonyl (C=O) groups is 1. The van der Waals surface area contributed by atoms with Crippen molar-refractivity contribution in [2.75, 3.05) is 33.3 Å². The maximum absolute atomic E-state index is 14.7. The number of aromatic nitrogens is 2. The van der Waals surface area contributed by atoms with Crippen LogP contribution >= 0.6 is 0 Å². The predicted molar refractivity (Wildman–Crippen MR) is 108 cm³/mol. The molecule has 6 rings (SSSR count). The second kappa shape index (κ2) is 7.68. The monoisotopic (exact) mass is 470 g/mol. The minimum absolute atomic E-state index is 0.0584. The first-order chi connectivity index (χ1) is 15.6. The molecule has 1 unspecified atom stereocenters. The fourth-order valence-corrected chi connectivity index (χ4v) is 5.23. The lowest BCUT2D eigenvalue weighted by molar-refractivity contribution is -0.138. The Hall–Kier alpha value is -2.69. The molecule has 2 aromatic rings. The second-order valence-corrected chi connectivity index (χ2v) is 8.76. The summed E-state index contributed by atoms with van der Waals surface area (Å²) in [7, 11) is 1.16. The molecule has 0 saturated carbocycles. The average Bonchev–Trinajstić information content (AvgIpc) is 3.26. The molecule has 0 radical (unpaired) electrons. The summed E-state index contributed by atoms with van der Waals surface area (Å²) in [6.45, 7) is 0.651. The van der Waals surface area contributed by atoms with Crippen molar-refractivity contribution < 1.29 is 31.5 Å². The van der Waals surface area contributed by atoms with Crippen LogP contribution < -0.4 is 4.74 Å². The van der Waals surface area contributed by atoms with Gasteiger partial charge in [-0.25, -0.2) is 13.5 Å². The molecule has 6 nitrogen and oxygen atoms in total. The number of hydrogen-bond acceptors (Lipinski definition) is 4. The summed E-state index contributed by atoms with van der Waals surface area (Å²) in [5, 5.41) is 4.38. The number of ether oxygens (including phenoxy) is 1. The molecule has 33 heavy (non-hydrogen) atoms. The Bertz CT molecular complexity index is 1100. The van der Waals surface area contributed by atoms with Crippen molar-refractivity contribution in [2.24, 2.45) is 0 Å². The smallest absolute Gasteiger partial charge is 0.420 e.